The van der Waals surface area contributed by atoms with Crippen molar-refractivity contribution in [2.75, 3.05) is 6.54 Å². The molecule has 0 bridgehead atoms. The van der Waals surface area contributed by atoms with E-state index in [1.54, 1.807) is 0 Å². The number of carbonyl (C=O) groups excluding carboxylic acids is 2. The van der Waals surface area contributed by atoms with Crippen LogP contribution in [0.1, 0.15) is 66.2 Å². The van der Waals surface area contributed by atoms with Crippen LogP contribution in [0.5, 0.6) is 0 Å². The molecule has 1 spiro atoms. The average molecular weight is 294 g/mol. The summed E-state index contributed by atoms with van der Waals surface area (Å²) < 4.78 is 0. The molecular weight excluding hydrogens is 264 g/mol. The zero-order valence-electron chi connectivity index (χ0n) is 13.9. The summed E-state index contributed by atoms with van der Waals surface area (Å²) in [5.74, 6) is 0.802. The van der Waals surface area contributed by atoms with Crippen molar-refractivity contribution in [2.24, 2.45) is 11.8 Å². The Balaban J connectivity index is 2.28. The van der Waals surface area contributed by atoms with Gasteiger partial charge in [0.05, 0.1) is 0 Å². The molecule has 0 radical (unpaired) electrons. The second kappa shape index (κ2) is 6.37. The lowest BCUT2D eigenvalue weighted by atomic mass is 9.77. The molecule has 1 saturated heterocycles. The molecular formula is C17H30N2O2. The molecule has 4 heteroatoms. The van der Waals surface area contributed by atoms with Crippen LogP contribution in [-0.2, 0) is 9.59 Å². The van der Waals surface area contributed by atoms with Crippen molar-refractivity contribution in [2.45, 2.75) is 77.8 Å². The third kappa shape index (κ3) is 3.09. The number of rotatable bonds is 4. The minimum atomic E-state index is -0.603. The van der Waals surface area contributed by atoms with Crippen molar-refractivity contribution in [3.63, 3.8) is 0 Å². The Bertz CT molecular complexity index is 400. The molecule has 1 saturated carbocycles. The smallest absolute Gasteiger partial charge is 0.249 e. The topological polar surface area (TPSA) is 49.4 Å². The third-order valence-corrected chi connectivity index (χ3v) is 5.18. The molecule has 2 unspecified atom stereocenters. The number of nitrogens with one attached hydrogen (secondary N) is 1. The molecule has 0 aromatic carbocycles. The maximum absolute atomic E-state index is 13.1. The van der Waals surface area contributed by atoms with E-state index in [0.29, 0.717) is 12.5 Å². The summed E-state index contributed by atoms with van der Waals surface area (Å²) in [6.45, 7) is 9.05. The zero-order valence-corrected chi connectivity index (χ0v) is 13.9. The van der Waals surface area contributed by atoms with Crippen molar-refractivity contribution >= 4 is 11.8 Å². The van der Waals surface area contributed by atoms with E-state index in [1.807, 2.05) is 18.7 Å². The Morgan fingerprint density at radius 3 is 2.33 bits per heavy atom. The maximum atomic E-state index is 13.1. The Hall–Kier alpha value is -1.06. The summed E-state index contributed by atoms with van der Waals surface area (Å²) in [4.78, 5) is 27.6. The highest BCUT2D eigenvalue weighted by atomic mass is 16.2. The van der Waals surface area contributed by atoms with Gasteiger partial charge in [0.15, 0.2) is 0 Å². The molecule has 2 aliphatic rings. The van der Waals surface area contributed by atoms with Crippen molar-refractivity contribution in [1.29, 1.82) is 0 Å². The van der Waals surface area contributed by atoms with Crippen LogP contribution in [0.3, 0.4) is 0 Å². The van der Waals surface area contributed by atoms with Crippen LogP contribution in [0.25, 0.3) is 0 Å². The average Bonchev–Trinajstić information content (AvgIpc) is 2.44. The van der Waals surface area contributed by atoms with Gasteiger partial charge in [0.2, 0.25) is 11.8 Å². The van der Waals surface area contributed by atoms with Crippen molar-refractivity contribution in [3.05, 3.63) is 0 Å². The van der Waals surface area contributed by atoms with Crippen molar-refractivity contribution in [1.82, 2.24) is 10.2 Å². The number of hydrogen-bond donors (Lipinski definition) is 1. The van der Waals surface area contributed by atoms with E-state index in [2.05, 4.69) is 19.2 Å². The molecule has 4 nitrogen and oxygen atoms in total. The maximum Gasteiger partial charge on any atom is 0.249 e. The quantitative estimate of drug-likeness (QED) is 0.866. The van der Waals surface area contributed by atoms with Gasteiger partial charge in [-0.15, -0.1) is 0 Å². The summed E-state index contributed by atoms with van der Waals surface area (Å²) in [5.41, 5.74) is -0.603. The molecule has 1 N–H and O–H groups in total. The van der Waals surface area contributed by atoms with Crippen molar-refractivity contribution < 1.29 is 9.59 Å². The summed E-state index contributed by atoms with van der Waals surface area (Å²) in [6, 6.07) is -0.306. The van der Waals surface area contributed by atoms with Crippen LogP contribution in [0, 0.1) is 11.8 Å². The van der Waals surface area contributed by atoms with E-state index in [1.165, 1.54) is 6.42 Å². The number of hydrogen-bond acceptors (Lipinski definition) is 2. The standard InChI is InChI=1S/C17H30N2O2/c1-5-13(4)11-19-14(12(2)3)15(20)18-17(16(19)21)9-7-6-8-10-17/h12-14H,5-11H2,1-4H3,(H,18,20). The Kier molecular flexibility index (Phi) is 4.95. The van der Waals surface area contributed by atoms with Gasteiger partial charge in [-0.3, -0.25) is 9.59 Å². The van der Waals surface area contributed by atoms with E-state index in [-0.39, 0.29) is 23.8 Å². The summed E-state index contributed by atoms with van der Waals surface area (Å²) in [7, 11) is 0. The lowest BCUT2D eigenvalue weighted by molar-refractivity contribution is -0.159. The molecule has 1 aliphatic carbocycles. The first-order valence-electron chi connectivity index (χ1n) is 8.54. The van der Waals surface area contributed by atoms with Gasteiger partial charge in [0, 0.05) is 6.54 Å². The summed E-state index contributed by atoms with van der Waals surface area (Å²) in [6.07, 6.45) is 5.89. The Labute approximate surface area is 128 Å². The fraction of sp³-hybridized carbons (Fsp3) is 0.882. The lowest BCUT2D eigenvalue weighted by Gasteiger charge is -2.49. The van der Waals surface area contributed by atoms with Crippen LogP contribution >= 0.6 is 0 Å². The molecule has 1 aliphatic heterocycles. The van der Waals surface area contributed by atoms with Crippen molar-refractivity contribution in [3.8, 4) is 0 Å². The van der Waals surface area contributed by atoms with Crippen LogP contribution < -0.4 is 5.32 Å². The number of piperazine rings is 1. The van der Waals surface area contributed by atoms with E-state index in [9.17, 15) is 9.59 Å². The minimum Gasteiger partial charge on any atom is -0.340 e. The molecule has 21 heavy (non-hydrogen) atoms. The predicted octanol–water partition coefficient (Wildman–Crippen LogP) is 2.72. The molecule has 1 heterocycles. The normalized spacial score (nSPS) is 27.1. The molecule has 120 valence electrons. The number of carbonyl (C=O) groups is 2. The van der Waals surface area contributed by atoms with Gasteiger partial charge in [-0.2, -0.15) is 0 Å². The third-order valence-electron chi connectivity index (χ3n) is 5.18. The molecule has 2 fully saturated rings. The van der Waals surface area contributed by atoms with Gasteiger partial charge >= 0.3 is 0 Å². The van der Waals surface area contributed by atoms with Gasteiger partial charge in [-0.1, -0.05) is 53.4 Å². The van der Waals surface area contributed by atoms with E-state index >= 15 is 0 Å². The second-order valence-electron chi connectivity index (χ2n) is 7.29. The number of amides is 2. The summed E-state index contributed by atoms with van der Waals surface area (Å²) in [5, 5.41) is 3.10. The van der Waals surface area contributed by atoms with Gasteiger partial charge in [0.1, 0.15) is 11.6 Å². The molecule has 2 amide bonds. The van der Waals surface area contributed by atoms with Gasteiger partial charge in [-0.05, 0) is 24.7 Å². The highest BCUT2D eigenvalue weighted by Gasteiger charge is 2.51. The first kappa shape index (κ1) is 16.3. The fourth-order valence-electron chi connectivity index (χ4n) is 3.72. The molecule has 2 atom stereocenters. The van der Waals surface area contributed by atoms with Gasteiger partial charge in [0.25, 0.3) is 0 Å². The number of nitrogens with zero attached hydrogens (tertiary/aromatic N) is 1. The van der Waals surface area contributed by atoms with Crippen LogP contribution in [0.2, 0.25) is 0 Å². The SMILES string of the molecule is CCC(C)CN1C(=O)C2(CCCCC2)NC(=O)C1C(C)C. The first-order chi connectivity index (χ1) is 9.91. The van der Waals surface area contributed by atoms with Crippen LogP contribution in [0.4, 0.5) is 0 Å². The summed E-state index contributed by atoms with van der Waals surface area (Å²) >= 11 is 0. The Morgan fingerprint density at radius 1 is 1.19 bits per heavy atom. The van der Waals surface area contributed by atoms with Crippen LogP contribution in [-0.4, -0.2) is 34.8 Å². The molecule has 2 rings (SSSR count). The van der Waals surface area contributed by atoms with Gasteiger partial charge in [-0.25, -0.2) is 0 Å². The first-order valence-corrected chi connectivity index (χ1v) is 8.54. The van der Waals surface area contributed by atoms with Gasteiger partial charge < -0.3 is 10.2 Å². The van der Waals surface area contributed by atoms with E-state index in [4.69, 9.17) is 0 Å². The second-order valence-corrected chi connectivity index (χ2v) is 7.29. The predicted molar refractivity (Wildman–Crippen MR) is 83.8 cm³/mol. The van der Waals surface area contributed by atoms with E-state index < -0.39 is 5.54 Å². The monoisotopic (exact) mass is 294 g/mol. The molecule has 0 aromatic rings. The zero-order chi connectivity index (χ0) is 15.6. The minimum absolute atomic E-state index is 0.0507. The molecule has 0 aromatic heterocycles. The lowest BCUT2D eigenvalue weighted by Crippen LogP contribution is -2.72. The van der Waals surface area contributed by atoms with E-state index in [0.717, 1.165) is 32.1 Å². The highest BCUT2D eigenvalue weighted by molar-refractivity contribution is 6.00. The van der Waals surface area contributed by atoms with Crippen LogP contribution in [0.15, 0.2) is 0 Å². The highest BCUT2D eigenvalue weighted by Crippen LogP contribution is 2.35. The Morgan fingerprint density at radius 2 is 1.81 bits per heavy atom. The largest absolute Gasteiger partial charge is 0.340 e. The fourth-order valence-corrected chi connectivity index (χ4v) is 3.72.